The summed E-state index contributed by atoms with van der Waals surface area (Å²) in [7, 11) is 0. The first kappa shape index (κ1) is 21.0. The molecule has 3 aliphatic rings. The van der Waals surface area contributed by atoms with Gasteiger partial charge in [0.2, 0.25) is 5.91 Å². The maximum Gasteiger partial charge on any atom is 0.257 e. The lowest BCUT2D eigenvalue weighted by molar-refractivity contribution is -0.128. The summed E-state index contributed by atoms with van der Waals surface area (Å²) in [6.45, 7) is 3.63. The minimum Gasteiger partial charge on any atom is -0.381 e. The molecule has 5 rings (SSSR count). The van der Waals surface area contributed by atoms with Gasteiger partial charge in [-0.05, 0) is 25.7 Å². The fraction of sp³-hybridized carbons (Fsp3) is 0.619. The Bertz CT molecular complexity index is 976. The van der Waals surface area contributed by atoms with Gasteiger partial charge in [0.1, 0.15) is 17.6 Å². The van der Waals surface area contributed by atoms with E-state index in [2.05, 4.69) is 25.6 Å². The van der Waals surface area contributed by atoms with Gasteiger partial charge in [0, 0.05) is 38.1 Å². The molecule has 32 heavy (non-hydrogen) atoms. The van der Waals surface area contributed by atoms with Crippen LogP contribution in [-0.2, 0) is 34.0 Å². The highest BCUT2D eigenvalue weighted by molar-refractivity contribution is 5.93. The third-order valence-corrected chi connectivity index (χ3v) is 6.53. The number of hydrogen-bond donors (Lipinski definition) is 1. The van der Waals surface area contributed by atoms with Crippen molar-refractivity contribution >= 4 is 11.8 Å². The minimum absolute atomic E-state index is 0.00422. The first-order chi connectivity index (χ1) is 15.6. The number of hydrogen-bond acceptors (Lipinski definition) is 8. The number of carbonyl (C=O) groups is 2. The number of piperidine rings is 1. The summed E-state index contributed by atoms with van der Waals surface area (Å²) < 4.78 is 13.5. The van der Waals surface area contributed by atoms with Crippen LogP contribution < -0.4 is 5.32 Å². The molecule has 1 spiro atoms. The molecule has 0 saturated carbocycles. The van der Waals surface area contributed by atoms with E-state index < -0.39 is 5.60 Å². The van der Waals surface area contributed by atoms with Gasteiger partial charge in [-0.1, -0.05) is 5.21 Å². The van der Waals surface area contributed by atoms with Crippen molar-refractivity contribution in [3.8, 4) is 0 Å². The average molecular weight is 441 g/mol. The Morgan fingerprint density at radius 1 is 1.19 bits per heavy atom. The van der Waals surface area contributed by atoms with Crippen LogP contribution in [0, 0.1) is 5.92 Å². The van der Waals surface area contributed by atoms with Crippen LogP contribution in [0.5, 0.6) is 0 Å². The first-order valence-corrected chi connectivity index (χ1v) is 11.1. The summed E-state index contributed by atoms with van der Waals surface area (Å²) in [5, 5.41) is 11.6. The normalized spacial score (nSPS) is 23.7. The number of carbonyl (C=O) groups excluding carboxylic acids is 2. The van der Waals surface area contributed by atoms with Crippen LogP contribution in [0.2, 0.25) is 0 Å². The maximum absolute atomic E-state index is 12.9. The van der Waals surface area contributed by atoms with E-state index in [9.17, 15) is 9.59 Å². The molecule has 0 aliphatic carbocycles. The van der Waals surface area contributed by atoms with Gasteiger partial charge in [0.05, 0.1) is 37.5 Å². The third-order valence-electron chi connectivity index (χ3n) is 6.53. The molecule has 0 aromatic carbocycles. The predicted octanol–water partition coefficient (Wildman–Crippen LogP) is 0.316. The molecule has 11 nitrogen and oxygen atoms in total. The number of amides is 2. The largest absolute Gasteiger partial charge is 0.381 e. The molecule has 0 bridgehead atoms. The van der Waals surface area contributed by atoms with Crippen LogP contribution in [-0.4, -0.2) is 73.6 Å². The zero-order valence-electron chi connectivity index (χ0n) is 17.9. The van der Waals surface area contributed by atoms with Gasteiger partial charge in [-0.25, -0.2) is 14.6 Å². The second-order valence-electron chi connectivity index (χ2n) is 8.67. The van der Waals surface area contributed by atoms with Gasteiger partial charge >= 0.3 is 0 Å². The zero-order chi connectivity index (χ0) is 22.0. The van der Waals surface area contributed by atoms with E-state index in [0.29, 0.717) is 51.6 Å². The summed E-state index contributed by atoms with van der Waals surface area (Å²) in [5.74, 6) is -0.0563. The van der Waals surface area contributed by atoms with Crippen LogP contribution in [0.1, 0.15) is 47.4 Å². The molecule has 0 radical (unpaired) electrons. The van der Waals surface area contributed by atoms with Crippen molar-refractivity contribution in [1.29, 1.82) is 0 Å². The molecule has 3 aliphatic heterocycles. The van der Waals surface area contributed by atoms with Crippen LogP contribution in [0.15, 0.2) is 18.7 Å². The van der Waals surface area contributed by atoms with Crippen molar-refractivity contribution < 1.29 is 19.1 Å². The Hall–Kier alpha value is -2.92. The first-order valence-electron chi connectivity index (χ1n) is 11.1. The molecule has 11 heteroatoms. The summed E-state index contributed by atoms with van der Waals surface area (Å²) in [6.07, 6.45) is 7.68. The van der Waals surface area contributed by atoms with Crippen molar-refractivity contribution in [3.63, 3.8) is 0 Å². The van der Waals surface area contributed by atoms with E-state index >= 15 is 0 Å². The SMILES string of the molecule is O=C(NCc1nnn2c1COC1(CCCN(C(=O)c3cncnc3)C1)C2)C1CCOCC1. The summed E-state index contributed by atoms with van der Waals surface area (Å²) in [6, 6.07) is 0. The van der Waals surface area contributed by atoms with Crippen molar-refractivity contribution in [3.05, 3.63) is 35.7 Å². The fourth-order valence-corrected chi connectivity index (χ4v) is 4.72. The van der Waals surface area contributed by atoms with Gasteiger partial charge in [-0.2, -0.15) is 0 Å². The molecule has 2 aromatic heterocycles. The minimum atomic E-state index is -0.493. The number of fused-ring (bicyclic) bond motifs is 1. The Kier molecular flexibility index (Phi) is 5.83. The smallest absolute Gasteiger partial charge is 0.257 e. The number of nitrogens with one attached hydrogen (secondary N) is 1. The summed E-state index contributed by atoms with van der Waals surface area (Å²) in [4.78, 5) is 35.0. The predicted molar refractivity (Wildman–Crippen MR) is 110 cm³/mol. The standard InChI is InChI=1S/C21H27N7O4/c29-19(15-2-6-31-7-3-15)24-10-17-18-11-32-21(13-28(18)26-25-17)4-1-5-27(12-21)20(30)16-8-22-14-23-9-16/h8-9,14-15H,1-7,10-13H2,(H,24,29). The maximum atomic E-state index is 12.9. The van der Waals surface area contributed by atoms with Crippen LogP contribution in [0.3, 0.4) is 0 Å². The van der Waals surface area contributed by atoms with E-state index in [4.69, 9.17) is 9.47 Å². The summed E-state index contributed by atoms with van der Waals surface area (Å²) >= 11 is 0. The monoisotopic (exact) mass is 441 g/mol. The number of aromatic nitrogens is 5. The highest BCUT2D eigenvalue weighted by Crippen LogP contribution is 2.33. The molecular weight excluding hydrogens is 414 g/mol. The molecule has 2 aromatic rings. The van der Waals surface area contributed by atoms with Gasteiger partial charge in [-0.3, -0.25) is 9.59 Å². The van der Waals surface area contributed by atoms with Gasteiger partial charge in [0.25, 0.3) is 5.91 Å². The summed E-state index contributed by atoms with van der Waals surface area (Å²) in [5.41, 5.74) is 1.59. The fourth-order valence-electron chi connectivity index (χ4n) is 4.72. The number of nitrogens with zero attached hydrogens (tertiary/aromatic N) is 6. The number of rotatable bonds is 4. The van der Waals surface area contributed by atoms with Crippen molar-refractivity contribution in [2.24, 2.45) is 5.92 Å². The van der Waals surface area contributed by atoms with Gasteiger partial charge in [0.15, 0.2) is 0 Å². The highest BCUT2D eigenvalue weighted by atomic mass is 16.5. The molecule has 170 valence electrons. The molecule has 2 amide bonds. The van der Waals surface area contributed by atoms with Crippen LogP contribution >= 0.6 is 0 Å². The zero-order valence-corrected chi connectivity index (χ0v) is 17.9. The number of ether oxygens (including phenoxy) is 2. The molecule has 1 atom stereocenters. The molecule has 5 heterocycles. The lowest BCUT2D eigenvalue weighted by Gasteiger charge is -2.44. The average Bonchev–Trinajstić information content (AvgIpc) is 3.24. The van der Waals surface area contributed by atoms with Crippen molar-refractivity contribution in [2.45, 2.75) is 51.0 Å². The van der Waals surface area contributed by atoms with Crippen molar-refractivity contribution in [1.82, 2.24) is 35.2 Å². The molecule has 1 unspecified atom stereocenters. The van der Waals surface area contributed by atoms with E-state index in [0.717, 1.165) is 37.1 Å². The number of likely N-dealkylation sites (tertiary alicyclic amines) is 1. The quantitative estimate of drug-likeness (QED) is 0.719. The lowest BCUT2D eigenvalue weighted by Crippen LogP contribution is -2.55. The van der Waals surface area contributed by atoms with E-state index in [1.165, 1.54) is 18.7 Å². The third kappa shape index (κ3) is 4.22. The van der Waals surface area contributed by atoms with Crippen LogP contribution in [0.25, 0.3) is 0 Å². The van der Waals surface area contributed by atoms with Crippen molar-refractivity contribution in [2.75, 3.05) is 26.3 Å². The van der Waals surface area contributed by atoms with E-state index in [1.807, 2.05) is 4.68 Å². The Morgan fingerprint density at radius 2 is 2.00 bits per heavy atom. The van der Waals surface area contributed by atoms with E-state index in [1.54, 1.807) is 4.90 Å². The van der Waals surface area contributed by atoms with Gasteiger partial charge in [-0.15, -0.1) is 5.10 Å². The second-order valence-corrected chi connectivity index (χ2v) is 8.67. The Labute approximate surface area is 185 Å². The Balaban J connectivity index is 1.22. The molecule has 2 fully saturated rings. The molecule has 2 saturated heterocycles. The molecule has 1 N–H and O–H groups in total. The topological polar surface area (TPSA) is 124 Å². The molecular formula is C21H27N7O4. The Morgan fingerprint density at radius 3 is 2.81 bits per heavy atom. The second kappa shape index (κ2) is 8.91. The van der Waals surface area contributed by atoms with Crippen LogP contribution in [0.4, 0.5) is 0 Å². The lowest BCUT2D eigenvalue weighted by atomic mass is 9.91. The van der Waals surface area contributed by atoms with E-state index in [-0.39, 0.29) is 17.7 Å². The van der Waals surface area contributed by atoms with Gasteiger partial charge < -0.3 is 19.7 Å². The highest BCUT2D eigenvalue weighted by Gasteiger charge is 2.42.